The van der Waals surface area contributed by atoms with Crippen molar-refractivity contribution in [2.45, 2.75) is 6.54 Å². The lowest BCUT2D eigenvalue weighted by Gasteiger charge is -2.09. The maximum Gasteiger partial charge on any atom is 0.253 e. The standard InChI is InChI=1S/C14H12ClFN2O/c15-13-10(5-3-6-11(13)16)14(19)18-8-9-4-1-2-7-12(9)17/h1-7H,8,17H2,(H,18,19). The summed E-state index contributed by atoms with van der Waals surface area (Å²) >= 11 is 5.74. The van der Waals surface area contributed by atoms with Gasteiger partial charge in [-0.2, -0.15) is 0 Å². The fourth-order valence-corrected chi connectivity index (χ4v) is 1.86. The number of benzene rings is 2. The van der Waals surface area contributed by atoms with Crippen LogP contribution in [0.5, 0.6) is 0 Å². The highest BCUT2D eigenvalue weighted by Crippen LogP contribution is 2.19. The fraction of sp³-hybridized carbons (Fsp3) is 0.0714. The number of nitrogens with two attached hydrogens (primary N) is 1. The lowest BCUT2D eigenvalue weighted by molar-refractivity contribution is 0.0950. The molecule has 0 aliphatic rings. The molecule has 19 heavy (non-hydrogen) atoms. The lowest BCUT2D eigenvalue weighted by atomic mass is 10.1. The zero-order valence-corrected chi connectivity index (χ0v) is 10.7. The second kappa shape index (κ2) is 5.71. The van der Waals surface area contributed by atoms with Crippen molar-refractivity contribution in [3.05, 3.63) is 64.4 Å². The minimum Gasteiger partial charge on any atom is -0.398 e. The van der Waals surface area contributed by atoms with Crippen LogP contribution in [0.4, 0.5) is 10.1 Å². The van der Waals surface area contributed by atoms with Crippen LogP contribution in [0.1, 0.15) is 15.9 Å². The van der Waals surface area contributed by atoms with E-state index in [0.29, 0.717) is 5.69 Å². The fourth-order valence-electron chi connectivity index (χ4n) is 1.65. The molecule has 0 aliphatic carbocycles. The largest absolute Gasteiger partial charge is 0.398 e. The van der Waals surface area contributed by atoms with Gasteiger partial charge in [-0.05, 0) is 23.8 Å². The second-order valence-electron chi connectivity index (χ2n) is 3.98. The Hall–Kier alpha value is -2.07. The molecule has 0 fully saturated rings. The van der Waals surface area contributed by atoms with Gasteiger partial charge in [0, 0.05) is 12.2 Å². The van der Waals surface area contributed by atoms with E-state index in [9.17, 15) is 9.18 Å². The summed E-state index contributed by atoms with van der Waals surface area (Å²) in [5.41, 5.74) is 7.26. The molecule has 3 nitrogen and oxygen atoms in total. The highest BCUT2D eigenvalue weighted by atomic mass is 35.5. The Morgan fingerprint density at radius 3 is 2.68 bits per heavy atom. The van der Waals surface area contributed by atoms with E-state index in [2.05, 4.69) is 5.32 Å². The van der Waals surface area contributed by atoms with Gasteiger partial charge in [0.25, 0.3) is 5.91 Å². The van der Waals surface area contributed by atoms with Crippen LogP contribution in [0, 0.1) is 5.82 Å². The van der Waals surface area contributed by atoms with E-state index in [-0.39, 0.29) is 17.1 Å². The topological polar surface area (TPSA) is 55.1 Å². The number of nitrogens with one attached hydrogen (secondary N) is 1. The Morgan fingerprint density at radius 2 is 1.95 bits per heavy atom. The summed E-state index contributed by atoms with van der Waals surface area (Å²) in [5.74, 6) is -1.05. The van der Waals surface area contributed by atoms with Crippen LogP contribution in [-0.4, -0.2) is 5.91 Å². The summed E-state index contributed by atoms with van der Waals surface area (Å²) in [5, 5.41) is 2.47. The number of para-hydroxylation sites is 1. The molecule has 0 saturated heterocycles. The van der Waals surface area contributed by atoms with E-state index in [0.717, 1.165) is 5.56 Å². The molecule has 0 atom stereocenters. The van der Waals surface area contributed by atoms with Crippen molar-refractivity contribution in [3.8, 4) is 0 Å². The van der Waals surface area contributed by atoms with Crippen LogP contribution >= 0.6 is 11.6 Å². The highest BCUT2D eigenvalue weighted by Gasteiger charge is 2.13. The van der Waals surface area contributed by atoms with Crippen LogP contribution in [0.15, 0.2) is 42.5 Å². The number of halogens is 2. The molecule has 1 amide bonds. The van der Waals surface area contributed by atoms with Gasteiger partial charge in [0.15, 0.2) is 0 Å². The molecule has 98 valence electrons. The highest BCUT2D eigenvalue weighted by molar-refractivity contribution is 6.34. The third-order valence-corrected chi connectivity index (χ3v) is 3.07. The van der Waals surface area contributed by atoms with Crippen molar-refractivity contribution in [2.24, 2.45) is 0 Å². The molecule has 2 rings (SSSR count). The second-order valence-corrected chi connectivity index (χ2v) is 4.36. The Labute approximate surface area is 115 Å². The van der Waals surface area contributed by atoms with E-state index in [1.165, 1.54) is 18.2 Å². The summed E-state index contributed by atoms with van der Waals surface area (Å²) < 4.78 is 13.2. The third-order valence-electron chi connectivity index (χ3n) is 2.69. The first-order valence-corrected chi connectivity index (χ1v) is 6.03. The van der Waals surface area contributed by atoms with E-state index >= 15 is 0 Å². The first-order valence-electron chi connectivity index (χ1n) is 5.65. The van der Waals surface area contributed by atoms with Gasteiger partial charge in [0.2, 0.25) is 0 Å². The van der Waals surface area contributed by atoms with Crippen LogP contribution < -0.4 is 11.1 Å². The maximum atomic E-state index is 13.2. The van der Waals surface area contributed by atoms with Crippen LogP contribution in [0.3, 0.4) is 0 Å². The number of anilines is 1. The minimum atomic E-state index is -0.617. The third kappa shape index (κ3) is 3.03. The van der Waals surface area contributed by atoms with E-state index in [4.69, 9.17) is 17.3 Å². The average Bonchev–Trinajstić information content (AvgIpc) is 2.40. The SMILES string of the molecule is Nc1ccccc1CNC(=O)c1cccc(F)c1Cl. The molecule has 0 radical (unpaired) electrons. The van der Waals surface area contributed by atoms with E-state index in [1.807, 2.05) is 18.2 Å². The number of carbonyl (C=O) groups excluding carboxylic acids is 1. The van der Waals surface area contributed by atoms with E-state index < -0.39 is 11.7 Å². The van der Waals surface area contributed by atoms with Gasteiger partial charge in [-0.25, -0.2) is 4.39 Å². The minimum absolute atomic E-state index is 0.108. The average molecular weight is 279 g/mol. The van der Waals surface area contributed by atoms with Crippen LogP contribution in [0.25, 0.3) is 0 Å². The molecule has 3 N–H and O–H groups in total. The molecule has 0 heterocycles. The first-order chi connectivity index (χ1) is 9.09. The molecule has 0 saturated carbocycles. The van der Waals surface area contributed by atoms with E-state index in [1.54, 1.807) is 6.07 Å². The molecule has 0 bridgehead atoms. The van der Waals surface area contributed by atoms with Crippen LogP contribution in [0.2, 0.25) is 5.02 Å². The van der Waals surface area contributed by atoms with Crippen LogP contribution in [-0.2, 0) is 6.54 Å². The monoisotopic (exact) mass is 278 g/mol. The van der Waals surface area contributed by atoms with Crippen molar-refractivity contribution in [3.63, 3.8) is 0 Å². The Bertz CT molecular complexity index is 616. The molecule has 0 spiro atoms. The molecule has 2 aromatic carbocycles. The van der Waals surface area contributed by atoms with Gasteiger partial charge in [-0.3, -0.25) is 4.79 Å². The van der Waals surface area contributed by atoms with Gasteiger partial charge in [-0.15, -0.1) is 0 Å². The number of nitrogen functional groups attached to an aromatic ring is 1. The quantitative estimate of drug-likeness (QED) is 0.848. The number of hydrogen-bond acceptors (Lipinski definition) is 2. The molecule has 5 heteroatoms. The van der Waals surface area contributed by atoms with Gasteiger partial charge >= 0.3 is 0 Å². The summed E-state index contributed by atoms with van der Waals surface area (Å²) in [6, 6.07) is 11.3. The number of carbonyl (C=O) groups is 1. The lowest BCUT2D eigenvalue weighted by Crippen LogP contribution is -2.23. The normalized spacial score (nSPS) is 10.2. The summed E-state index contributed by atoms with van der Waals surface area (Å²) in [4.78, 5) is 11.9. The van der Waals surface area contributed by atoms with Crippen molar-refractivity contribution in [1.82, 2.24) is 5.32 Å². The summed E-state index contributed by atoms with van der Waals surface area (Å²) in [6.45, 7) is 0.262. The number of rotatable bonds is 3. The van der Waals surface area contributed by atoms with Gasteiger partial charge in [-0.1, -0.05) is 35.9 Å². The number of hydrogen-bond donors (Lipinski definition) is 2. The van der Waals surface area contributed by atoms with Crippen molar-refractivity contribution in [1.29, 1.82) is 0 Å². The molecule has 0 unspecified atom stereocenters. The predicted molar refractivity (Wildman–Crippen MR) is 73.4 cm³/mol. The predicted octanol–water partition coefficient (Wildman–Crippen LogP) is 2.99. The van der Waals surface area contributed by atoms with Gasteiger partial charge < -0.3 is 11.1 Å². The van der Waals surface area contributed by atoms with Crippen molar-refractivity contribution in [2.75, 3.05) is 5.73 Å². The summed E-state index contributed by atoms with van der Waals surface area (Å²) in [6.07, 6.45) is 0. The Kier molecular flexibility index (Phi) is 4.02. The van der Waals surface area contributed by atoms with Crippen molar-refractivity contribution >= 4 is 23.2 Å². The maximum absolute atomic E-state index is 13.2. The molecular weight excluding hydrogens is 267 g/mol. The Balaban J connectivity index is 2.10. The number of amides is 1. The zero-order valence-electron chi connectivity index (χ0n) is 9.99. The Morgan fingerprint density at radius 1 is 1.21 bits per heavy atom. The molecule has 2 aromatic rings. The zero-order chi connectivity index (χ0) is 13.8. The van der Waals surface area contributed by atoms with Crippen molar-refractivity contribution < 1.29 is 9.18 Å². The molecule has 0 aliphatic heterocycles. The molecular formula is C14H12ClFN2O. The molecule has 0 aromatic heterocycles. The first kappa shape index (κ1) is 13.4. The summed E-state index contributed by atoms with van der Waals surface area (Å²) in [7, 11) is 0. The van der Waals surface area contributed by atoms with Gasteiger partial charge in [0.05, 0.1) is 10.6 Å². The smallest absolute Gasteiger partial charge is 0.253 e. The van der Waals surface area contributed by atoms with Gasteiger partial charge in [0.1, 0.15) is 5.82 Å².